The number of ether oxygens (including phenoxy) is 1. The first-order valence-corrected chi connectivity index (χ1v) is 3.33. The first kappa shape index (κ1) is 10.3. The van der Waals surface area contributed by atoms with Crippen LogP contribution in [0.3, 0.4) is 0 Å². The molecule has 66 valence electrons. The van der Waals surface area contributed by atoms with Gasteiger partial charge in [0.15, 0.2) is 0 Å². The summed E-state index contributed by atoms with van der Waals surface area (Å²) in [5.74, 6) is -0.493. The van der Waals surface area contributed by atoms with Gasteiger partial charge in [0.25, 0.3) is 0 Å². The molecule has 0 rings (SSSR count). The molecule has 0 saturated heterocycles. The van der Waals surface area contributed by atoms with Crippen molar-refractivity contribution in [1.82, 2.24) is 0 Å². The molecule has 0 saturated carbocycles. The summed E-state index contributed by atoms with van der Waals surface area (Å²) in [4.78, 5) is 10.7. The maximum atomic E-state index is 10.7. The standard InChI is InChI=1S/C6H15N3O2/c1-4(7)5(10)11-3-6(2,8)9/h4H,3,7-9H2,1-2H3. The molecule has 0 bridgehead atoms. The van der Waals surface area contributed by atoms with Crippen LogP contribution in [0.25, 0.3) is 0 Å². The predicted octanol–water partition coefficient (Wildman–Crippen LogP) is -1.49. The lowest BCUT2D eigenvalue weighted by Crippen LogP contribution is -2.51. The van der Waals surface area contributed by atoms with Crippen LogP contribution in [0.5, 0.6) is 0 Å². The minimum atomic E-state index is -0.982. The minimum Gasteiger partial charge on any atom is -0.461 e. The number of hydrogen-bond donors (Lipinski definition) is 3. The number of rotatable bonds is 3. The quantitative estimate of drug-likeness (QED) is 0.345. The summed E-state index contributed by atoms with van der Waals surface area (Å²) in [5, 5.41) is 0. The summed E-state index contributed by atoms with van der Waals surface area (Å²) in [7, 11) is 0. The van der Waals surface area contributed by atoms with Crippen LogP contribution in [0.1, 0.15) is 13.8 Å². The van der Waals surface area contributed by atoms with E-state index < -0.39 is 17.7 Å². The Morgan fingerprint density at radius 2 is 2.09 bits per heavy atom. The van der Waals surface area contributed by atoms with Crippen LogP contribution in [0, 0.1) is 0 Å². The third kappa shape index (κ3) is 5.78. The Bertz CT molecular complexity index is 139. The van der Waals surface area contributed by atoms with Crippen LogP contribution in [-0.4, -0.2) is 24.3 Å². The maximum Gasteiger partial charge on any atom is 0.322 e. The van der Waals surface area contributed by atoms with Crippen LogP contribution in [-0.2, 0) is 9.53 Å². The largest absolute Gasteiger partial charge is 0.461 e. The topological polar surface area (TPSA) is 104 Å². The number of carbonyl (C=O) groups excluding carboxylic acids is 1. The molecular formula is C6H15N3O2. The first-order valence-electron chi connectivity index (χ1n) is 3.33. The molecule has 0 spiro atoms. The molecular weight excluding hydrogens is 146 g/mol. The van der Waals surface area contributed by atoms with E-state index in [0.717, 1.165) is 0 Å². The molecule has 0 amide bonds. The molecule has 6 N–H and O–H groups in total. The number of esters is 1. The molecule has 0 fully saturated rings. The molecule has 1 atom stereocenters. The average Bonchev–Trinajstić information content (AvgIpc) is 1.80. The van der Waals surface area contributed by atoms with Gasteiger partial charge in [-0.15, -0.1) is 0 Å². The summed E-state index contributed by atoms with van der Waals surface area (Å²) in [5.41, 5.74) is 14.9. The first-order chi connectivity index (χ1) is 4.83. The van der Waals surface area contributed by atoms with Gasteiger partial charge < -0.3 is 21.9 Å². The van der Waals surface area contributed by atoms with Crippen LogP contribution >= 0.6 is 0 Å². The Morgan fingerprint density at radius 3 is 2.36 bits per heavy atom. The lowest BCUT2D eigenvalue weighted by atomic mass is 10.3. The summed E-state index contributed by atoms with van der Waals surface area (Å²) >= 11 is 0. The lowest BCUT2D eigenvalue weighted by molar-refractivity contribution is -0.146. The minimum absolute atomic E-state index is 0.0205. The van der Waals surface area contributed by atoms with Crippen molar-refractivity contribution >= 4 is 5.97 Å². The summed E-state index contributed by atoms with van der Waals surface area (Å²) in [6.07, 6.45) is 0. The molecule has 0 aliphatic heterocycles. The smallest absolute Gasteiger partial charge is 0.322 e. The zero-order valence-corrected chi connectivity index (χ0v) is 6.83. The van der Waals surface area contributed by atoms with Crippen molar-refractivity contribution in [2.75, 3.05) is 6.61 Å². The molecule has 0 aromatic rings. The second-order valence-corrected chi connectivity index (χ2v) is 2.90. The van der Waals surface area contributed by atoms with Crippen molar-refractivity contribution in [2.45, 2.75) is 25.6 Å². The second-order valence-electron chi connectivity index (χ2n) is 2.90. The van der Waals surface area contributed by atoms with Gasteiger partial charge in [-0.05, 0) is 13.8 Å². The van der Waals surface area contributed by atoms with Crippen molar-refractivity contribution in [1.29, 1.82) is 0 Å². The van der Waals surface area contributed by atoms with E-state index in [1.54, 1.807) is 6.92 Å². The third-order valence-electron chi connectivity index (χ3n) is 0.897. The SMILES string of the molecule is CC(N)C(=O)OCC(C)(N)N. The predicted molar refractivity (Wildman–Crippen MR) is 41.4 cm³/mol. The molecule has 0 radical (unpaired) electrons. The van der Waals surface area contributed by atoms with Gasteiger partial charge in [0.05, 0.1) is 5.66 Å². The summed E-state index contributed by atoms with van der Waals surface area (Å²) < 4.78 is 4.65. The summed E-state index contributed by atoms with van der Waals surface area (Å²) in [6.45, 7) is 3.07. The van der Waals surface area contributed by atoms with E-state index in [9.17, 15) is 4.79 Å². The van der Waals surface area contributed by atoms with Crippen LogP contribution in [0.4, 0.5) is 0 Å². The maximum absolute atomic E-state index is 10.7. The average molecular weight is 161 g/mol. The van der Waals surface area contributed by atoms with Gasteiger partial charge in [-0.25, -0.2) is 0 Å². The van der Waals surface area contributed by atoms with Crippen molar-refractivity contribution in [3.63, 3.8) is 0 Å². The fourth-order valence-corrected chi connectivity index (χ4v) is 0.358. The molecule has 0 aliphatic carbocycles. The molecule has 0 aromatic carbocycles. The Kier molecular flexibility index (Phi) is 3.44. The number of hydrogen-bond acceptors (Lipinski definition) is 5. The third-order valence-corrected chi connectivity index (χ3v) is 0.897. The van der Waals surface area contributed by atoms with Gasteiger partial charge in [-0.3, -0.25) is 4.79 Å². The Labute approximate surface area is 65.9 Å². The van der Waals surface area contributed by atoms with Crippen LogP contribution in [0.2, 0.25) is 0 Å². The fourth-order valence-electron chi connectivity index (χ4n) is 0.358. The Hall–Kier alpha value is -0.650. The highest BCUT2D eigenvalue weighted by Gasteiger charge is 2.16. The van der Waals surface area contributed by atoms with Crippen molar-refractivity contribution in [3.8, 4) is 0 Å². The Balaban J connectivity index is 3.64. The fraction of sp³-hybridized carbons (Fsp3) is 0.833. The van der Waals surface area contributed by atoms with Gasteiger partial charge in [0.2, 0.25) is 0 Å². The van der Waals surface area contributed by atoms with Gasteiger partial charge in [-0.1, -0.05) is 0 Å². The van der Waals surface area contributed by atoms with Crippen LogP contribution < -0.4 is 17.2 Å². The number of carbonyl (C=O) groups is 1. The molecule has 0 aromatic heterocycles. The normalized spacial score (nSPS) is 14.3. The molecule has 11 heavy (non-hydrogen) atoms. The highest BCUT2D eigenvalue weighted by molar-refractivity contribution is 5.74. The van der Waals surface area contributed by atoms with E-state index >= 15 is 0 Å². The van der Waals surface area contributed by atoms with E-state index in [-0.39, 0.29) is 6.61 Å². The summed E-state index contributed by atoms with van der Waals surface area (Å²) in [6, 6.07) is -0.627. The van der Waals surface area contributed by atoms with Crippen molar-refractivity contribution in [2.24, 2.45) is 17.2 Å². The van der Waals surface area contributed by atoms with Crippen LogP contribution in [0.15, 0.2) is 0 Å². The van der Waals surface area contributed by atoms with Crippen molar-refractivity contribution in [3.05, 3.63) is 0 Å². The van der Waals surface area contributed by atoms with Gasteiger partial charge in [0.1, 0.15) is 12.6 Å². The van der Waals surface area contributed by atoms with Gasteiger partial charge in [-0.2, -0.15) is 0 Å². The lowest BCUT2D eigenvalue weighted by Gasteiger charge is -2.18. The Morgan fingerprint density at radius 1 is 1.64 bits per heavy atom. The zero-order chi connectivity index (χ0) is 9.07. The highest BCUT2D eigenvalue weighted by atomic mass is 16.5. The molecule has 0 aliphatic rings. The molecule has 1 unspecified atom stereocenters. The monoisotopic (exact) mass is 161 g/mol. The zero-order valence-electron chi connectivity index (χ0n) is 6.83. The van der Waals surface area contributed by atoms with E-state index in [1.807, 2.05) is 0 Å². The second kappa shape index (κ2) is 3.66. The molecule has 5 heteroatoms. The molecule has 0 heterocycles. The van der Waals surface area contributed by atoms with E-state index in [0.29, 0.717) is 0 Å². The molecule has 5 nitrogen and oxygen atoms in total. The van der Waals surface area contributed by atoms with Gasteiger partial charge >= 0.3 is 5.97 Å². The highest BCUT2D eigenvalue weighted by Crippen LogP contribution is 1.91. The van der Waals surface area contributed by atoms with Crippen molar-refractivity contribution < 1.29 is 9.53 Å². The van der Waals surface area contributed by atoms with Gasteiger partial charge in [0, 0.05) is 0 Å². The number of nitrogens with two attached hydrogens (primary N) is 3. The van der Waals surface area contributed by atoms with E-state index in [2.05, 4.69) is 4.74 Å². The van der Waals surface area contributed by atoms with E-state index in [1.165, 1.54) is 6.92 Å². The van der Waals surface area contributed by atoms with E-state index in [4.69, 9.17) is 17.2 Å².